The second-order valence-electron chi connectivity index (χ2n) is 22.2. The number of carbonyl (C=O) groups excluding carboxylic acids is 5. The number of hydrogen-bond donors (Lipinski definition) is 6. The van der Waals surface area contributed by atoms with Gasteiger partial charge in [0.15, 0.2) is 5.82 Å². The number of thioether (sulfide) groups is 1. The van der Waals surface area contributed by atoms with Gasteiger partial charge < -0.3 is 60.0 Å². The summed E-state index contributed by atoms with van der Waals surface area (Å²) in [4.78, 5) is 77.3. The topological polar surface area (TPSA) is 241 Å². The van der Waals surface area contributed by atoms with Crippen LogP contribution in [0.1, 0.15) is 77.9 Å². The zero-order chi connectivity index (χ0) is 58.6. The number of nitrogens with one attached hydrogen (secondary N) is 5. The van der Waals surface area contributed by atoms with Crippen molar-refractivity contribution in [3.63, 3.8) is 0 Å². The van der Waals surface area contributed by atoms with Gasteiger partial charge in [0.1, 0.15) is 36.9 Å². The van der Waals surface area contributed by atoms with Gasteiger partial charge in [-0.15, -0.1) is 0 Å². The molecule has 1 aromatic heterocycles. The van der Waals surface area contributed by atoms with E-state index in [1.54, 1.807) is 28.3 Å². The maximum Gasteiger partial charge on any atom is 0.258 e. The van der Waals surface area contributed by atoms with Crippen molar-refractivity contribution in [2.24, 2.45) is 10.4 Å². The van der Waals surface area contributed by atoms with Crippen LogP contribution in [0, 0.1) is 17.0 Å². The second-order valence-corrected chi connectivity index (χ2v) is 23.1. The average Bonchev–Trinajstić information content (AvgIpc) is 4.45. The second kappa shape index (κ2) is 27.9. The first-order valence-electron chi connectivity index (χ1n) is 27.9. The monoisotopic (exact) mass is 1160 g/mol. The van der Waals surface area contributed by atoms with E-state index >= 15 is 0 Å². The number of anilines is 3. The Hall–Kier alpha value is -7.28. The molecule has 9 rings (SSSR count). The highest BCUT2D eigenvalue weighted by molar-refractivity contribution is 8.12. The van der Waals surface area contributed by atoms with Crippen LogP contribution in [0.4, 0.5) is 26.0 Å². The van der Waals surface area contributed by atoms with Crippen LogP contribution in [0.2, 0.25) is 0 Å². The van der Waals surface area contributed by atoms with E-state index in [9.17, 15) is 37.9 Å². The largest absolute Gasteiger partial charge is 0.391 e. The van der Waals surface area contributed by atoms with Gasteiger partial charge in [0.05, 0.1) is 60.1 Å². The first-order valence-corrected chi connectivity index (χ1v) is 28.9. The predicted molar refractivity (Wildman–Crippen MR) is 312 cm³/mol. The molecule has 3 saturated heterocycles. The Morgan fingerprint density at radius 2 is 1.55 bits per heavy atom. The van der Waals surface area contributed by atoms with Gasteiger partial charge in [0.2, 0.25) is 23.6 Å². The van der Waals surface area contributed by atoms with Crippen LogP contribution in [0.15, 0.2) is 96.1 Å². The van der Waals surface area contributed by atoms with Crippen LogP contribution in [0.5, 0.6) is 0 Å². The van der Waals surface area contributed by atoms with Gasteiger partial charge in [-0.2, -0.15) is 5.10 Å². The molecule has 0 radical (unpaired) electrons. The number of halogens is 2. The van der Waals surface area contributed by atoms with Crippen molar-refractivity contribution in [1.82, 2.24) is 30.6 Å². The number of ether oxygens (including phenoxy) is 4. The van der Waals surface area contributed by atoms with Crippen molar-refractivity contribution in [3.8, 4) is 0 Å². The summed E-state index contributed by atoms with van der Waals surface area (Å²) in [6.45, 7) is 12.9. The Morgan fingerprint density at radius 1 is 0.855 bits per heavy atom. The smallest absolute Gasteiger partial charge is 0.258 e. The molecule has 83 heavy (non-hydrogen) atoms. The molecule has 6 N–H and O–H groups in total. The highest BCUT2D eigenvalue weighted by Crippen LogP contribution is 2.39. The zero-order valence-electron chi connectivity index (χ0n) is 46.9. The number of amides is 5. The average molecular weight is 1160 g/mol. The number of benzene rings is 4. The van der Waals surface area contributed by atoms with Gasteiger partial charge in [0.25, 0.3) is 5.91 Å². The molecular formula is C60H72F2N10O10S. The molecule has 4 aromatic carbocycles. The van der Waals surface area contributed by atoms with Crippen molar-refractivity contribution in [1.29, 1.82) is 0 Å². The molecule has 4 aliphatic heterocycles. The fraction of sp³-hybridized carbons (Fsp3) is 0.450. The summed E-state index contributed by atoms with van der Waals surface area (Å²) in [5, 5.41) is 30.9. The van der Waals surface area contributed by atoms with E-state index in [4.69, 9.17) is 18.9 Å². The SMILES string of the molecule is C=C1N=CSC1c1ccc(CNC(=O)[C@@H]2C[C@@H](O)CN2C(=O)[C@@H](NC(=O)COCCOCCOCC(=O)N2CCN(c3ccc(C(=O)Nc4n[nH]c5ccc(Cc6cc(F)cc(F)c6)cc45)c(NC4CCOCC4)c3)CC2)C(C)(C)C)cc1. The minimum absolute atomic E-state index is 0.0480. The standard InChI is InChI=1S/C60H72F2N10O10S/c1-37-54(83-36-64-37)41-8-5-38(6-9-41)32-63-58(77)51-31-46(73)33-72(51)59(78)55(60(2,3)4)66-52(74)34-81-23-21-80-22-24-82-35-53(75)71-17-15-70(16-18-71)45-10-11-47(50(30-45)65-44-13-19-79-20-14-44)57(76)67-56-48-28-39(7-12-49(48)68-69-56)25-40-26-42(61)29-43(62)27-40/h5-12,26-30,36,44,46,51,54-55,65,73H,1,13-25,31-35H2,2-4H3,(H,63,77)(H,66,74)(H2,67,68,69,76)/t46-,51+,54?,55-/m1/s1. The molecule has 0 bridgehead atoms. The molecule has 23 heteroatoms. The summed E-state index contributed by atoms with van der Waals surface area (Å²) < 4.78 is 50.3. The van der Waals surface area contributed by atoms with E-state index in [0.29, 0.717) is 72.9 Å². The van der Waals surface area contributed by atoms with Crippen molar-refractivity contribution >= 4 is 74.9 Å². The predicted octanol–water partition coefficient (Wildman–Crippen LogP) is 6.11. The van der Waals surface area contributed by atoms with Crippen molar-refractivity contribution in [3.05, 3.63) is 131 Å². The maximum atomic E-state index is 14.0. The third kappa shape index (κ3) is 16.1. The van der Waals surface area contributed by atoms with E-state index in [0.717, 1.165) is 47.0 Å². The number of likely N-dealkylation sites (tertiary alicyclic amines) is 1. The molecule has 5 amide bonds. The number of hydrogen-bond acceptors (Lipinski definition) is 15. The van der Waals surface area contributed by atoms with Crippen molar-refractivity contribution in [2.45, 2.75) is 82.5 Å². The van der Waals surface area contributed by atoms with Gasteiger partial charge in [-0.05, 0) is 89.4 Å². The third-order valence-corrected chi connectivity index (χ3v) is 16.0. The van der Waals surface area contributed by atoms with Gasteiger partial charge in [0, 0.05) is 87.8 Å². The Labute approximate surface area is 485 Å². The summed E-state index contributed by atoms with van der Waals surface area (Å²) >= 11 is 1.58. The minimum atomic E-state index is -1.01. The number of carbonyl (C=O) groups is 5. The lowest BCUT2D eigenvalue weighted by atomic mass is 9.85. The Morgan fingerprint density at radius 3 is 2.25 bits per heavy atom. The Kier molecular flexibility index (Phi) is 20.2. The van der Waals surface area contributed by atoms with Crippen LogP contribution < -0.4 is 26.2 Å². The van der Waals surface area contributed by atoms with Crippen LogP contribution in [-0.4, -0.2) is 170 Å². The normalized spacial score (nSPS) is 18.8. The van der Waals surface area contributed by atoms with Crippen molar-refractivity contribution in [2.75, 3.05) is 101 Å². The van der Waals surface area contributed by atoms with Crippen molar-refractivity contribution < 1.29 is 56.8 Å². The molecule has 0 aliphatic carbocycles. The van der Waals surface area contributed by atoms with Crippen LogP contribution in [0.25, 0.3) is 10.9 Å². The number of aliphatic hydroxyl groups excluding tert-OH is 1. The number of H-pyrrole nitrogens is 1. The molecule has 442 valence electrons. The molecule has 4 aliphatic rings. The lowest BCUT2D eigenvalue weighted by Gasteiger charge is -2.36. The number of β-amino-alcohol motifs (C(OH)–C–C–N with tert-alkyl or cyclic N) is 1. The molecule has 5 aromatic rings. The summed E-state index contributed by atoms with van der Waals surface area (Å²) in [7, 11) is 0. The fourth-order valence-electron chi connectivity index (χ4n) is 10.5. The van der Waals surface area contributed by atoms with Crippen LogP contribution >= 0.6 is 11.8 Å². The number of aromatic amines is 1. The maximum absolute atomic E-state index is 14.0. The summed E-state index contributed by atoms with van der Waals surface area (Å²) in [5.41, 5.74) is 7.66. The number of aromatic nitrogens is 2. The first kappa shape index (κ1) is 60.3. The Bertz CT molecular complexity index is 3140. The van der Waals surface area contributed by atoms with E-state index in [1.807, 2.05) is 75.4 Å². The summed E-state index contributed by atoms with van der Waals surface area (Å²) in [6, 6.07) is 20.5. The van der Waals surface area contributed by atoms with E-state index in [-0.39, 0.29) is 88.7 Å². The van der Waals surface area contributed by atoms with E-state index < -0.39 is 53.0 Å². The number of nitrogens with zero attached hydrogens (tertiary/aromatic N) is 5. The summed E-state index contributed by atoms with van der Waals surface area (Å²) in [5.74, 6) is -2.91. The number of piperazine rings is 1. The fourth-order valence-corrected chi connectivity index (χ4v) is 11.3. The van der Waals surface area contributed by atoms with E-state index in [2.05, 4.69) is 47.9 Å². The molecule has 4 atom stereocenters. The van der Waals surface area contributed by atoms with Gasteiger partial charge in [-0.25, -0.2) is 8.78 Å². The quantitative estimate of drug-likeness (QED) is 0.0405. The molecule has 5 heterocycles. The van der Waals surface area contributed by atoms with Crippen LogP contribution in [0.3, 0.4) is 0 Å². The Balaban J connectivity index is 0.676. The molecule has 20 nitrogen and oxygen atoms in total. The molecular weight excluding hydrogens is 1090 g/mol. The van der Waals surface area contributed by atoms with E-state index in [1.165, 1.54) is 17.0 Å². The third-order valence-electron chi connectivity index (χ3n) is 15.0. The zero-order valence-corrected chi connectivity index (χ0v) is 47.7. The van der Waals surface area contributed by atoms with Gasteiger partial charge >= 0.3 is 0 Å². The first-order chi connectivity index (χ1) is 39.9. The molecule has 0 spiro atoms. The molecule has 0 saturated carbocycles. The van der Waals surface area contributed by atoms with Gasteiger partial charge in [-0.3, -0.25) is 34.1 Å². The number of fused-ring (bicyclic) bond motifs is 1. The number of aliphatic imine (C=N–C) groups is 1. The molecule has 3 fully saturated rings. The minimum Gasteiger partial charge on any atom is -0.391 e. The highest BCUT2D eigenvalue weighted by Gasteiger charge is 2.44. The molecule has 1 unspecified atom stereocenters. The van der Waals surface area contributed by atoms with Crippen LogP contribution in [-0.2, 0) is 51.1 Å². The lowest BCUT2D eigenvalue weighted by molar-refractivity contribution is -0.144. The highest BCUT2D eigenvalue weighted by atomic mass is 32.2. The number of rotatable bonds is 23. The van der Waals surface area contributed by atoms with Gasteiger partial charge in [-0.1, -0.05) is 69.4 Å². The number of aliphatic hydroxyl groups is 1. The lowest BCUT2D eigenvalue weighted by Crippen LogP contribution is -2.58. The summed E-state index contributed by atoms with van der Waals surface area (Å²) in [6.07, 6.45) is 0.987.